The van der Waals surface area contributed by atoms with Gasteiger partial charge in [0.15, 0.2) is 0 Å². The van der Waals surface area contributed by atoms with Gasteiger partial charge in [0.1, 0.15) is 5.56 Å². The lowest BCUT2D eigenvalue weighted by molar-refractivity contribution is -0.395. The van der Waals surface area contributed by atoms with Gasteiger partial charge in [-0.05, 0) is 24.1 Å². The van der Waals surface area contributed by atoms with Crippen LogP contribution in [-0.4, -0.2) is 14.8 Å². The standard InChI is InChI=1S/C13H12N4O4/c1-8-5-10(16(18)19)12(11(6-8)17(20)21)13(14)9-3-2-4-15-7-9/h2-7,13H,14H2,1H3. The molecule has 1 heterocycles. The van der Waals surface area contributed by atoms with E-state index in [9.17, 15) is 20.2 Å². The van der Waals surface area contributed by atoms with E-state index >= 15 is 0 Å². The van der Waals surface area contributed by atoms with Crippen LogP contribution in [0.1, 0.15) is 22.7 Å². The quantitative estimate of drug-likeness (QED) is 0.679. The van der Waals surface area contributed by atoms with Crippen LogP contribution in [0.25, 0.3) is 0 Å². The molecule has 21 heavy (non-hydrogen) atoms. The van der Waals surface area contributed by atoms with E-state index in [1.54, 1.807) is 19.1 Å². The van der Waals surface area contributed by atoms with Crippen molar-refractivity contribution in [2.45, 2.75) is 13.0 Å². The summed E-state index contributed by atoms with van der Waals surface area (Å²) in [5.74, 6) is 0. The number of benzene rings is 1. The average Bonchev–Trinajstić information content (AvgIpc) is 2.46. The minimum Gasteiger partial charge on any atom is -0.320 e. The number of hydrogen-bond acceptors (Lipinski definition) is 6. The third-order valence-electron chi connectivity index (χ3n) is 3.03. The van der Waals surface area contributed by atoms with E-state index in [4.69, 9.17) is 5.73 Å². The predicted molar refractivity (Wildman–Crippen MR) is 74.8 cm³/mol. The first-order valence-electron chi connectivity index (χ1n) is 6.00. The van der Waals surface area contributed by atoms with Gasteiger partial charge in [-0.1, -0.05) is 6.07 Å². The summed E-state index contributed by atoms with van der Waals surface area (Å²) in [7, 11) is 0. The van der Waals surface area contributed by atoms with Crippen LogP contribution >= 0.6 is 0 Å². The summed E-state index contributed by atoms with van der Waals surface area (Å²) in [5.41, 5.74) is 6.04. The van der Waals surface area contributed by atoms with E-state index in [1.165, 1.54) is 24.5 Å². The minimum absolute atomic E-state index is 0.122. The maximum Gasteiger partial charge on any atom is 0.281 e. The second kappa shape index (κ2) is 5.63. The Bertz CT molecular complexity index is 668. The molecule has 0 saturated carbocycles. The fourth-order valence-electron chi connectivity index (χ4n) is 2.11. The second-order valence-electron chi connectivity index (χ2n) is 4.50. The zero-order valence-corrected chi connectivity index (χ0v) is 11.1. The summed E-state index contributed by atoms with van der Waals surface area (Å²) in [6, 6.07) is 4.78. The molecule has 8 nitrogen and oxygen atoms in total. The number of aryl methyl sites for hydroxylation is 1. The van der Waals surface area contributed by atoms with Crippen molar-refractivity contribution in [3.05, 3.63) is 73.6 Å². The molecule has 1 atom stereocenters. The van der Waals surface area contributed by atoms with Crippen molar-refractivity contribution in [3.8, 4) is 0 Å². The Balaban J connectivity index is 2.71. The van der Waals surface area contributed by atoms with Crippen molar-refractivity contribution in [1.82, 2.24) is 4.98 Å². The third-order valence-corrected chi connectivity index (χ3v) is 3.03. The molecule has 2 rings (SSSR count). The highest BCUT2D eigenvalue weighted by Gasteiger charge is 2.31. The SMILES string of the molecule is Cc1cc([N+](=O)[O-])c(C(N)c2cccnc2)c([N+](=O)[O-])c1. The Hall–Kier alpha value is -2.87. The monoisotopic (exact) mass is 288 g/mol. The van der Waals surface area contributed by atoms with Crippen LogP contribution in [0.4, 0.5) is 11.4 Å². The smallest absolute Gasteiger partial charge is 0.281 e. The van der Waals surface area contributed by atoms with Crippen LogP contribution in [0.2, 0.25) is 0 Å². The number of nitrogens with zero attached hydrogens (tertiary/aromatic N) is 3. The van der Waals surface area contributed by atoms with Gasteiger partial charge in [0.05, 0.1) is 15.9 Å². The van der Waals surface area contributed by atoms with E-state index in [0.717, 1.165) is 0 Å². The molecule has 0 aliphatic rings. The van der Waals surface area contributed by atoms with Gasteiger partial charge < -0.3 is 5.73 Å². The molecule has 0 aliphatic carbocycles. The molecule has 0 amide bonds. The van der Waals surface area contributed by atoms with Crippen molar-refractivity contribution >= 4 is 11.4 Å². The Kier molecular flexibility index (Phi) is 3.90. The molecule has 108 valence electrons. The molecule has 0 fully saturated rings. The van der Waals surface area contributed by atoms with Crippen LogP contribution in [0.3, 0.4) is 0 Å². The number of pyridine rings is 1. The first kappa shape index (κ1) is 14.5. The first-order chi connectivity index (χ1) is 9.91. The van der Waals surface area contributed by atoms with Gasteiger partial charge >= 0.3 is 0 Å². The highest BCUT2D eigenvalue weighted by atomic mass is 16.6. The topological polar surface area (TPSA) is 125 Å². The lowest BCUT2D eigenvalue weighted by atomic mass is 9.96. The van der Waals surface area contributed by atoms with Gasteiger partial charge in [-0.2, -0.15) is 0 Å². The van der Waals surface area contributed by atoms with E-state index in [-0.39, 0.29) is 16.9 Å². The second-order valence-corrected chi connectivity index (χ2v) is 4.50. The highest BCUT2D eigenvalue weighted by Crippen LogP contribution is 2.36. The molecule has 0 bridgehead atoms. The zero-order chi connectivity index (χ0) is 15.6. The van der Waals surface area contributed by atoms with E-state index in [2.05, 4.69) is 4.98 Å². The summed E-state index contributed by atoms with van der Waals surface area (Å²) in [5, 5.41) is 22.4. The molecule has 0 aliphatic heterocycles. The molecule has 2 aromatic rings. The molecule has 0 spiro atoms. The molecule has 1 aromatic heterocycles. The van der Waals surface area contributed by atoms with Crippen molar-refractivity contribution < 1.29 is 9.85 Å². The van der Waals surface area contributed by atoms with Gasteiger partial charge in [-0.15, -0.1) is 0 Å². The number of aromatic nitrogens is 1. The van der Waals surface area contributed by atoms with Gasteiger partial charge in [-0.3, -0.25) is 25.2 Å². The predicted octanol–water partition coefficient (Wildman–Crippen LogP) is 2.25. The highest BCUT2D eigenvalue weighted by molar-refractivity contribution is 5.59. The first-order valence-corrected chi connectivity index (χ1v) is 6.00. The van der Waals surface area contributed by atoms with Crippen LogP contribution in [0, 0.1) is 27.2 Å². The molecular formula is C13H12N4O4. The number of nitro groups is 2. The molecule has 1 aromatic carbocycles. The van der Waals surface area contributed by atoms with Gasteiger partial charge in [0, 0.05) is 24.5 Å². The Labute approximate surface area is 119 Å². The lowest BCUT2D eigenvalue weighted by Crippen LogP contribution is -2.16. The molecular weight excluding hydrogens is 276 g/mol. The number of nitrogens with two attached hydrogens (primary N) is 1. The van der Waals surface area contributed by atoms with Gasteiger partial charge in [-0.25, -0.2) is 0 Å². The number of rotatable bonds is 4. The van der Waals surface area contributed by atoms with E-state index in [0.29, 0.717) is 11.1 Å². The molecule has 2 N–H and O–H groups in total. The third kappa shape index (κ3) is 2.84. The van der Waals surface area contributed by atoms with Gasteiger partial charge in [0.2, 0.25) is 0 Å². The van der Waals surface area contributed by atoms with Crippen LogP contribution < -0.4 is 5.73 Å². The summed E-state index contributed by atoms with van der Waals surface area (Å²) < 4.78 is 0. The van der Waals surface area contributed by atoms with Gasteiger partial charge in [0.25, 0.3) is 11.4 Å². The van der Waals surface area contributed by atoms with E-state index in [1.807, 2.05) is 0 Å². The van der Waals surface area contributed by atoms with Crippen molar-refractivity contribution in [3.63, 3.8) is 0 Å². The van der Waals surface area contributed by atoms with Crippen molar-refractivity contribution in [2.75, 3.05) is 0 Å². The fourth-order valence-corrected chi connectivity index (χ4v) is 2.11. The summed E-state index contributed by atoms with van der Waals surface area (Å²) in [6.07, 6.45) is 2.95. The molecule has 8 heteroatoms. The number of hydrogen-bond donors (Lipinski definition) is 1. The summed E-state index contributed by atoms with van der Waals surface area (Å²) in [6.45, 7) is 1.55. The van der Waals surface area contributed by atoms with Crippen LogP contribution in [0.15, 0.2) is 36.7 Å². The minimum atomic E-state index is -1.000. The maximum absolute atomic E-state index is 11.2. The van der Waals surface area contributed by atoms with Crippen LogP contribution in [0.5, 0.6) is 0 Å². The number of nitro benzene ring substituents is 2. The zero-order valence-electron chi connectivity index (χ0n) is 11.1. The van der Waals surface area contributed by atoms with Crippen molar-refractivity contribution in [1.29, 1.82) is 0 Å². The Morgan fingerprint density at radius 1 is 1.19 bits per heavy atom. The van der Waals surface area contributed by atoms with Crippen molar-refractivity contribution in [2.24, 2.45) is 5.73 Å². The fraction of sp³-hybridized carbons (Fsp3) is 0.154. The lowest BCUT2D eigenvalue weighted by Gasteiger charge is -2.13. The average molecular weight is 288 g/mol. The molecule has 0 radical (unpaired) electrons. The molecule has 0 saturated heterocycles. The Morgan fingerprint density at radius 3 is 2.19 bits per heavy atom. The maximum atomic E-state index is 11.2. The Morgan fingerprint density at radius 2 is 1.76 bits per heavy atom. The largest absolute Gasteiger partial charge is 0.320 e. The summed E-state index contributed by atoms with van der Waals surface area (Å²) in [4.78, 5) is 24.9. The summed E-state index contributed by atoms with van der Waals surface area (Å²) >= 11 is 0. The van der Waals surface area contributed by atoms with E-state index < -0.39 is 15.9 Å². The van der Waals surface area contributed by atoms with Crippen LogP contribution in [-0.2, 0) is 0 Å². The normalized spacial score (nSPS) is 11.9. The molecule has 1 unspecified atom stereocenters.